The van der Waals surface area contributed by atoms with Crippen LogP contribution in [0.5, 0.6) is 11.5 Å². The molecule has 0 aliphatic carbocycles. The van der Waals surface area contributed by atoms with Gasteiger partial charge in [-0.25, -0.2) is 0 Å². The van der Waals surface area contributed by atoms with Crippen LogP contribution in [0.1, 0.15) is 11.1 Å². The summed E-state index contributed by atoms with van der Waals surface area (Å²) in [5, 5.41) is 9.68. The summed E-state index contributed by atoms with van der Waals surface area (Å²) in [4.78, 5) is 0. The third kappa shape index (κ3) is 2.59. The highest BCUT2D eigenvalue weighted by molar-refractivity contribution is 5.52. The lowest BCUT2D eigenvalue weighted by Gasteiger charge is -2.09. The normalized spacial score (nSPS) is 9.59. The van der Waals surface area contributed by atoms with E-state index in [0.29, 0.717) is 17.9 Å². The Morgan fingerprint density at radius 2 is 1.82 bits per heavy atom. The van der Waals surface area contributed by atoms with Gasteiger partial charge in [-0.3, -0.25) is 0 Å². The van der Waals surface area contributed by atoms with Crippen molar-refractivity contribution >= 4 is 0 Å². The van der Waals surface area contributed by atoms with E-state index in [9.17, 15) is 5.11 Å². The van der Waals surface area contributed by atoms with Crippen molar-refractivity contribution in [2.75, 3.05) is 0 Å². The highest BCUT2D eigenvalue weighted by Crippen LogP contribution is 2.29. The van der Waals surface area contributed by atoms with Gasteiger partial charge in [0, 0.05) is 0 Å². The predicted octanol–water partition coefficient (Wildman–Crippen LogP) is 2.95. The number of ether oxygens (including phenoxy) is 1. The van der Waals surface area contributed by atoms with Gasteiger partial charge in [-0.05, 0) is 17.7 Å². The molecule has 0 amide bonds. The van der Waals surface area contributed by atoms with Gasteiger partial charge in [0.2, 0.25) is 0 Å². The minimum absolute atomic E-state index is 0.0661. The highest BCUT2D eigenvalue weighted by Gasteiger charge is 2.07. The Kier molecular flexibility index (Phi) is 3.32. The molecular weight excluding hydrogens is 212 g/mol. The molecule has 0 saturated carbocycles. The number of hydrogen-bond acceptors (Lipinski definition) is 2. The summed E-state index contributed by atoms with van der Waals surface area (Å²) in [6, 6.07) is 14.7. The SMILES string of the molecule is C#Cc1cccc(O)c1OCc1ccccc1. The van der Waals surface area contributed by atoms with Gasteiger partial charge in [-0.1, -0.05) is 42.3 Å². The molecule has 0 bridgehead atoms. The third-order valence-electron chi connectivity index (χ3n) is 2.38. The third-order valence-corrected chi connectivity index (χ3v) is 2.38. The fraction of sp³-hybridized carbons (Fsp3) is 0.0667. The molecule has 84 valence electrons. The van der Waals surface area contributed by atoms with Crippen molar-refractivity contribution in [3.8, 4) is 23.8 Å². The number of hydrogen-bond donors (Lipinski definition) is 1. The summed E-state index contributed by atoms with van der Waals surface area (Å²) in [6.07, 6.45) is 5.35. The fourth-order valence-electron chi connectivity index (χ4n) is 1.52. The first-order valence-electron chi connectivity index (χ1n) is 5.26. The Balaban J connectivity index is 2.17. The molecule has 0 radical (unpaired) electrons. The second-order valence-corrected chi connectivity index (χ2v) is 3.57. The summed E-state index contributed by atoms with van der Waals surface area (Å²) < 4.78 is 5.55. The van der Waals surface area contributed by atoms with E-state index in [0.717, 1.165) is 5.56 Å². The van der Waals surface area contributed by atoms with Crippen molar-refractivity contribution in [1.29, 1.82) is 0 Å². The molecule has 1 N–H and O–H groups in total. The molecule has 0 saturated heterocycles. The van der Waals surface area contributed by atoms with E-state index in [2.05, 4.69) is 5.92 Å². The van der Waals surface area contributed by atoms with E-state index >= 15 is 0 Å². The topological polar surface area (TPSA) is 29.5 Å². The molecule has 2 rings (SSSR count). The van der Waals surface area contributed by atoms with Crippen molar-refractivity contribution in [2.24, 2.45) is 0 Å². The number of para-hydroxylation sites is 1. The molecule has 17 heavy (non-hydrogen) atoms. The van der Waals surface area contributed by atoms with E-state index in [1.807, 2.05) is 30.3 Å². The van der Waals surface area contributed by atoms with Gasteiger partial charge in [0.05, 0.1) is 5.56 Å². The van der Waals surface area contributed by atoms with Gasteiger partial charge in [0.25, 0.3) is 0 Å². The van der Waals surface area contributed by atoms with Gasteiger partial charge in [0.15, 0.2) is 11.5 Å². The molecule has 2 aromatic carbocycles. The van der Waals surface area contributed by atoms with Crippen LogP contribution in [-0.4, -0.2) is 5.11 Å². The molecule has 0 aliphatic rings. The molecule has 0 aliphatic heterocycles. The average Bonchev–Trinajstić information content (AvgIpc) is 2.38. The lowest BCUT2D eigenvalue weighted by molar-refractivity contribution is 0.288. The van der Waals surface area contributed by atoms with Crippen molar-refractivity contribution < 1.29 is 9.84 Å². The second kappa shape index (κ2) is 5.09. The van der Waals surface area contributed by atoms with Gasteiger partial charge >= 0.3 is 0 Å². The van der Waals surface area contributed by atoms with Crippen LogP contribution < -0.4 is 4.74 Å². The number of phenols is 1. The minimum Gasteiger partial charge on any atom is -0.504 e. The zero-order chi connectivity index (χ0) is 12.1. The molecule has 0 atom stereocenters. The number of benzene rings is 2. The maximum atomic E-state index is 9.68. The molecule has 0 spiro atoms. The smallest absolute Gasteiger partial charge is 0.176 e. The Morgan fingerprint density at radius 3 is 2.53 bits per heavy atom. The molecule has 2 heteroatoms. The number of terminal acetylenes is 1. The molecule has 0 heterocycles. The minimum atomic E-state index is 0.0661. The summed E-state index contributed by atoms with van der Waals surface area (Å²) in [5.74, 6) is 2.91. The van der Waals surface area contributed by atoms with Crippen LogP contribution in [0.25, 0.3) is 0 Å². The highest BCUT2D eigenvalue weighted by atomic mass is 16.5. The molecular formula is C15H12O2. The summed E-state index contributed by atoms with van der Waals surface area (Å²) in [7, 11) is 0. The summed E-state index contributed by atoms with van der Waals surface area (Å²) >= 11 is 0. The van der Waals surface area contributed by atoms with Crippen molar-refractivity contribution in [2.45, 2.75) is 6.61 Å². The first kappa shape index (κ1) is 11.1. The Labute approximate surface area is 100 Å². The maximum absolute atomic E-state index is 9.68. The summed E-state index contributed by atoms with van der Waals surface area (Å²) in [6.45, 7) is 0.382. The predicted molar refractivity (Wildman–Crippen MR) is 66.8 cm³/mol. The second-order valence-electron chi connectivity index (χ2n) is 3.57. The monoisotopic (exact) mass is 224 g/mol. The zero-order valence-corrected chi connectivity index (χ0v) is 9.26. The van der Waals surface area contributed by atoms with E-state index in [1.165, 1.54) is 0 Å². The van der Waals surface area contributed by atoms with E-state index in [1.54, 1.807) is 18.2 Å². The molecule has 0 aromatic heterocycles. The Bertz CT molecular complexity index is 539. The zero-order valence-electron chi connectivity index (χ0n) is 9.26. The van der Waals surface area contributed by atoms with Crippen LogP contribution >= 0.6 is 0 Å². The van der Waals surface area contributed by atoms with Gasteiger partial charge < -0.3 is 9.84 Å². The standard InChI is InChI=1S/C15H12O2/c1-2-13-9-6-10-14(16)15(13)17-11-12-7-4-3-5-8-12/h1,3-10,16H,11H2. The van der Waals surface area contributed by atoms with Gasteiger partial charge in [-0.15, -0.1) is 6.42 Å². The summed E-state index contributed by atoms with van der Waals surface area (Å²) in [5.41, 5.74) is 1.58. The van der Waals surface area contributed by atoms with Gasteiger partial charge in [0.1, 0.15) is 6.61 Å². The quantitative estimate of drug-likeness (QED) is 0.812. The molecule has 0 unspecified atom stereocenters. The lowest BCUT2D eigenvalue weighted by atomic mass is 10.2. The fourth-order valence-corrected chi connectivity index (χ4v) is 1.52. The van der Waals surface area contributed by atoms with Crippen LogP contribution in [0.3, 0.4) is 0 Å². The largest absolute Gasteiger partial charge is 0.504 e. The first-order valence-corrected chi connectivity index (χ1v) is 5.26. The number of aromatic hydroxyl groups is 1. The van der Waals surface area contributed by atoms with E-state index < -0.39 is 0 Å². The Hall–Kier alpha value is -2.40. The average molecular weight is 224 g/mol. The van der Waals surface area contributed by atoms with Crippen LogP contribution in [0.15, 0.2) is 48.5 Å². The first-order chi connectivity index (χ1) is 8.31. The molecule has 0 fully saturated rings. The molecule has 2 nitrogen and oxygen atoms in total. The number of rotatable bonds is 3. The van der Waals surface area contributed by atoms with Gasteiger partial charge in [-0.2, -0.15) is 0 Å². The maximum Gasteiger partial charge on any atom is 0.176 e. The van der Waals surface area contributed by atoms with E-state index in [-0.39, 0.29) is 5.75 Å². The molecule has 2 aromatic rings. The van der Waals surface area contributed by atoms with Crippen LogP contribution in [-0.2, 0) is 6.61 Å². The number of phenolic OH excluding ortho intramolecular Hbond substituents is 1. The van der Waals surface area contributed by atoms with Crippen molar-refractivity contribution in [3.05, 3.63) is 59.7 Å². The van der Waals surface area contributed by atoms with Crippen molar-refractivity contribution in [3.63, 3.8) is 0 Å². The van der Waals surface area contributed by atoms with Crippen LogP contribution in [0.4, 0.5) is 0 Å². The Morgan fingerprint density at radius 1 is 1.06 bits per heavy atom. The lowest BCUT2D eigenvalue weighted by Crippen LogP contribution is -1.97. The van der Waals surface area contributed by atoms with Crippen LogP contribution in [0, 0.1) is 12.3 Å². The van der Waals surface area contributed by atoms with E-state index in [4.69, 9.17) is 11.2 Å². The van der Waals surface area contributed by atoms with Crippen molar-refractivity contribution in [1.82, 2.24) is 0 Å². The van der Waals surface area contributed by atoms with Crippen LogP contribution in [0.2, 0.25) is 0 Å².